The summed E-state index contributed by atoms with van der Waals surface area (Å²) in [5.41, 5.74) is 1.10. The zero-order valence-electron chi connectivity index (χ0n) is 25.6. The van der Waals surface area contributed by atoms with Crippen LogP contribution in [0.3, 0.4) is 0 Å². The second-order valence-corrected chi connectivity index (χ2v) is 12.6. The summed E-state index contributed by atoms with van der Waals surface area (Å²) >= 11 is 0. The molecule has 8 atom stereocenters. The fourth-order valence-corrected chi connectivity index (χ4v) is 7.57. The van der Waals surface area contributed by atoms with Gasteiger partial charge in [-0.2, -0.15) is 0 Å². The van der Waals surface area contributed by atoms with Gasteiger partial charge in [0.25, 0.3) is 0 Å². The molecule has 10 nitrogen and oxygen atoms in total. The molecule has 1 amide bonds. The van der Waals surface area contributed by atoms with Crippen LogP contribution in [0.2, 0.25) is 0 Å². The number of aryl methyl sites for hydroxylation is 1. The normalized spacial score (nSPS) is 29.3. The van der Waals surface area contributed by atoms with Crippen molar-refractivity contribution in [2.24, 2.45) is 11.8 Å². The van der Waals surface area contributed by atoms with Gasteiger partial charge in [0.2, 0.25) is 5.91 Å². The highest BCUT2D eigenvalue weighted by molar-refractivity contribution is 5.88. The minimum Gasteiger partial charge on any atom is -0.480 e. The first-order valence-corrected chi connectivity index (χ1v) is 16.2. The molecule has 43 heavy (non-hydrogen) atoms. The lowest BCUT2D eigenvalue weighted by molar-refractivity contribution is -0.152. The van der Waals surface area contributed by atoms with E-state index in [2.05, 4.69) is 10.6 Å². The average Bonchev–Trinajstić information content (AvgIpc) is 3.62. The molecule has 1 aromatic carbocycles. The molecule has 0 spiro atoms. The molecule has 1 aromatic rings. The highest BCUT2D eigenvalue weighted by Gasteiger charge is 2.48. The van der Waals surface area contributed by atoms with Gasteiger partial charge >= 0.3 is 17.9 Å². The van der Waals surface area contributed by atoms with Crippen LogP contribution in [0.4, 0.5) is 0 Å². The second kappa shape index (κ2) is 15.7. The van der Waals surface area contributed by atoms with E-state index < -0.39 is 30.1 Å². The van der Waals surface area contributed by atoms with Gasteiger partial charge in [0, 0.05) is 12.1 Å². The van der Waals surface area contributed by atoms with Crippen molar-refractivity contribution in [2.45, 2.75) is 127 Å². The van der Waals surface area contributed by atoms with Crippen LogP contribution in [0.1, 0.15) is 90.0 Å². The first kappa shape index (κ1) is 32.9. The van der Waals surface area contributed by atoms with Crippen LogP contribution < -0.4 is 10.6 Å². The number of fused-ring (bicyclic) bond motifs is 2. The molecule has 0 radical (unpaired) electrons. The van der Waals surface area contributed by atoms with Crippen LogP contribution in [-0.4, -0.2) is 81.8 Å². The van der Waals surface area contributed by atoms with Crippen molar-refractivity contribution in [3.8, 4) is 0 Å². The number of aliphatic carboxylic acids is 2. The first-order chi connectivity index (χ1) is 20.7. The third-order valence-corrected chi connectivity index (χ3v) is 9.75. The van der Waals surface area contributed by atoms with E-state index >= 15 is 0 Å². The molecule has 2 heterocycles. The Morgan fingerprint density at radius 1 is 0.953 bits per heavy atom. The number of ether oxygens (including phenoxy) is 1. The maximum absolute atomic E-state index is 13.4. The largest absolute Gasteiger partial charge is 0.480 e. The number of likely N-dealkylation sites (tertiary alicyclic amines) is 1. The average molecular weight is 600 g/mol. The first-order valence-electron chi connectivity index (χ1n) is 16.2. The molecule has 238 valence electrons. The van der Waals surface area contributed by atoms with Crippen molar-refractivity contribution >= 4 is 23.8 Å². The molecular formula is C33H49N3O7. The Kier molecular flexibility index (Phi) is 12.0. The lowest BCUT2D eigenvalue weighted by Crippen LogP contribution is -2.55. The molecule has 2 aliphatic carbocycles. The molecule has 0 aromatic heterocycles. The number of amides is 1. The predicted molar refractivity (Wildman–Crippen MR) is 161 cm³/mol. The summed E-state index contributed by atoms with van der Waals surface area (Å²) in [6, 6.07) is 7.98. The number of carbonyl (C=O) groups excluding carboxylic acids is 2. The van der Waals surface area contributed by atoms with E-state index in [0.29, 0.717) is 31.2 Å². The standard InChI is InChI=1S/C24H34N2O5.C9H15NO2/c1-3-31-24(30)19(14-13-17-9-5-4-6-10-17)25-16(2)22(27)26-20-12-8-7-11-18(20)15-21(26)23(28)29;11-9(12)8-5-6-3-1-2-4-7(6)10-8/h4-6,9-10,16,18-21,25H,3,7-8,11-15H2,1-2H3,(H,28,29);6-8,10H,1-5H2,(H,11,12)/t16-,18+,19-,20-,21-;/m0./s1. The van der Waals surface area contributed by atoms with Gasteiger partial charge in [-0.1, -0.05) is 56.0 Å². The summed E-state index contributed by atoms with van der Waals surface area (Å²) in [6.45, 7) is 3.74. The quantitative estimate of drug-likeness (QED) is 0.295. The van der Waals surface area contributed by atoms with Gasteiger partial charge < -0.3 is 25.2 Å². The van der Waals surface area contributed by atoms with Crippen molar-refractivity contribution < 1.29 is 34.1 Å². The van der Waals surface area contributed by atoms with E-state index in [0.717, 1.165) is 37.7 Å². The lowest BCUT2D eigenvalue weighted by atomic mass is 9.84. The molecule has 4 aliphatic rings. The number of rotatable bonds is 10. The fraction of sp³-hybridized carbons (Fsp3) is 0.697. The number of esters is 1. The number of carboxylic acids is 2. The molecule has 3 unspecified atom stereocenters. The Morgan fingerprint density at radius 3 is 2.28 bits per heavy atom. The van der Waals surface area contributed by atoms with Gasteiger partial charge in [0.15, 0.2) is 0 Å². The molecule has 0 bridgehead atoms. The molecule has 4 N–H and O–H groups in total. The van der Waals surface area contributed by atoms with Crippen molar-refractivity contribution in [2.75, 3.05) is 6.61 Å². The minimum atomic E-state index is -0.944. The minimum absolute atomic E-state index is 0.0167. The van der Waals surface area contributed by atoms with Crippen LogP contribution in [-0.2, 0) is 30.3 Å². The molecule has 2 saturated heterocycles. The van der Waals surface area contributed by atoms with Crippen LogP contribution in [0, 0.1) is 11.8 Å². The molecule has 2 saturated carbocycles. The van der Waals surface area contributed by atoms with Crippen LogP contribution in [0.5, 0.6) is 0 Å². The SMILES string of the molecule is CCOC(=O)[C@H](CCc1ccccc1)N[C@@H](C)C(=O)N1[C@H](C(=O)O)C[C@H]2CCCC[C@@H]21.O=C(O)C1CC2CCCCC2N1. The smallest absolute Gasteiger partial charge is 0.326 e. The Labute approximate surface area is 254 Å². The van der Waals surface area contributed by atoms with Crippen molar-refractivity contribution in [1.82, 2.24) is 15.5 Å². The predicted octanol–water partition coefficient (Wildman–Crippen LogP) is 3.77. The Bertz CT molecular complexity index is 1090. The van der Waals surface area contributed by atoms with Gasteiger partial charge in [0.05, 0.1) is 12.6 Å². The fourth-order valence-electron chi connectivity index (χ4n) is 7.57. The number of nitrogens with zero attached hydrogens (tertiary/aromatic N) is 1. The number of benzene rings is 1. The van der Waals surface area contributed by atoms with Gasteiger partial charge in [-0.3, -0.25) is 19.7 Å². The van der Waals surface area contributed by atoms with Gasteiger partial charge in [-0.05, 0) is 82.6 Å². The molecular weight excluding hydrogens is 550 g/mol. The van der Waals surface area contributed by atoms with E-state index in [1.807, 2.05) is 30.3 Å². The zero-order valence-corrected chi connectivity index (χ0v) is 25.6. The summed E-state index contributed by atoms with van der Waals surface area (Å²) in [4.78, 5) is 50.0. The molecule has 10 heteroatoms. The number of carboxylic acid groups (broad SMARTS) is 2. The Balaban J connectivity index is 0.000000292. The van der Waals surface area contributed by atoms with Crippen LogP contribution in [0.15, 0.2) is 30.3 Å². The molecule has 4 fully saturated rings. The van der Waals surface area contributed by atoms with E-state index in [1.165, 1.54) is 25.7 Å². The van der Waals surface area contributed by atoms with Crippen LogP contribution in [0.25, 0.3) is 0 Å². The zero-order chi connectivity index (χ0) is 30.9. The van der Waals surface area contributed by atoms with Crippen molar-refractivity contribution in [3.63, 3.8) is 0 Å². The third kappa shape index (κ3) is 8.56. The lowest BCUT2D eigenvalue weighted by Gasteiger charge is -2.35. The highest BCUT2D eigenvalue weighted by atomic mass is 16.5. The molecule has 5 rings (SSSR count). The summed E-state index contributed by atoms with van der Waals surface area (Å²) in [6.07, 6.45) is 11.4. The number of nitrogens with one attached hydrogen (secondary N) is 2. The molecule has 2 aliphatic heterocycles. The summed E-state index contributed by atoms with van der Waals surface area (Å²) in [7, 11) is 0. The Morgan fingerprint density at radius 2 is 1.63 bits per heavy atom. The summed E-state index contributed by atoms with van der Waals surface area (Å²) < 4.78 is 5.22. The number of hydrogen-bond donors (Lipinski definition) is 4. The van der Waals surface area contributed by atoms with Gasteiger partial charge in [-0.15, -0.1) is 0 Å². The van der Waals surface area contributed by atoms with E-state index in [-0.39, 0.29) is 36.5 Å². The van der Waals surface area contributed by atoms with E-state index in [1.54, 1.807) is 18.7 Å². The second-order valence-electron chi connectivity index (χ2n) is 12.6. The number of carbonyl (C=O) groups is 4. The summed E-state index contributed by atoms with van der Waals surface area (Å²) in [5, 5.41) is 24.9. The van der Waals surface area contributed by atoms with Crippen LogP contribution >= 0.6 is 0 Å². The maximum Gasteiger partial charge on any atom is 0.326 e. The topological polar surface area (TPSA) is 145 Å². The van der Waals surface area contributed by atoms with Gasteiger partial charge in [0.1, 0.15) is 18.1 Å². The highest BCUT2D eigenvalue weighted by Crippen LogP contribution is 2.40. The van der Waals surface area contributed by atoms with E-state index in [4.69, 9.17) is 9.84 Å². The number of hydrogen-bond acceptors (Lipinski definition) is 7. The van der Waals surface area contributed by atoms with Crippen molar-refractivity contribution in [1.29, 1.82) is 0 Å². The maximum atomic E-state index is 13.4. The van der Waals surface area contributed by atoms with Crippen molar-refractivity contribution in [3.05, 3.63) is 35.9 Å². The third-order valence-electron chi connectivity index (χ3n) is 9.75. The Hall–Kier alpha value is -2.98. The van der Waals surface area contributed by atoms with E-state index in [9.17, 15) is 24.3 Å². The monoisotopic (exact) mass is 599 g/mol. The summed E-state index contributed by atoms with van der Waals surface area (Å²) in [5.74, 6) is -1.35. The van der Waals surface area contributed by atoms with Gasteiger partial charge in [-0.25, -0.2) is 4.79 Å².